The quantitative estimate of drug-likeness (QED) is 0.0355. The van der Waals surface area contributed by atoms with E-state index < -0.39 is 15.9 Å². The van der Waals surface area contributed by atoms with Crippen LogP contribution in [0.2, 0.25) is 0 Å². The van der Waals surface area contributed by atoms with Crippen molar-refractivity contribution in [1.29, 1.82) is 0 Å². The van der Waals surface area contributed by atoms with Gasteiger partial charge in [0.05, 0.1) is 64.3 Å². The van der Waals surface area contributed by atoms with E-state index in [9.17, 15) is 18.0 Å². The smallest absolute Gasteiger partial charge is 0.266 e. The van der Waals surface area contributed by atoms with Crippen LogP contribution in [0.5, 0.6) is 0 Å². The number of hydrazine groups is 1. The molecule has 2 amide bonds. The van der Waals surface area contributed by atoms with E-state index in [1.807, 2.05) is 0 Å². The molecule has 0 bridgehead atoms. The molecule has 40 heavy (non-hydrogen) atoms. The molecule has 0 radical (unpaired) electrons. The molecule has 0 spiro atoms. The Bertz CT molecular complexity index is 844. The van der Waals surface area contributed by atoms with E-state index in [1.54, 1.807) is 7.05 Å². The van der Waals surface area contributed by atoms with Crippen LogP contribution in [-0.2, 0) is 43.4 Å². The summed E-state index contributed by atoms with van der Waals surface area (Å²) in [5.41, 5.74) is 4.52. The van der Waals surface area contributed by atoms with Crippen LogP contribution in [0.3, 0.4) is 0 Å². The van der Waals surface area contributed by atoms with Crippen LogP contribution in [0, 0.1) is 0 Å². The number of amides is 2. The number of hydrogen-bond acceptors (Lipinski definition) is 12. The van der Waals surface area contributed by atoms with E-state index >= 15 is 0 Å². The van der Waals surface area contributed by atoms with Crippen molar-refractivity contribution in [3.8, 4) is 0 Å². The zero-order valence-corrected chi connectivity index (χ0v) is 24.2. The van der Waals surface area contributed by atoms with Gasteiger partial charge < -0.3 is 45.1 Å². The molecule has 0 aliphatic heterocycles. The molecule has 0 saturated heterocycles. The van der Waals surface area contributed by atoms with Crippen molar-refractivity contribution < 1.29 is 46.2 Å². The van der Waals surface area contributed by atoms with Crippen molar-refractivity contribution >= 4 is 21.9 Å². The molecular weight excluding hydrogens is 550 g/mol. The number of hydrogen-bond donors (Lipinski definition) is 6. The molecule has 0 aromatic heterocycles. The van der Waals surface area contributed by atoms with Gasteiger partial charge in [-0.25, -0.2) is 0 Å². The zero-order valence-electron chi connectivity index (χ0n) is 23.4. The number of carbonyl (C=O) groups is 2. The number of likely N-dealkylation sites (N-methyl/N-ethyl adjacent to an activating group) is 1. The van der Waals surface area contributed by atoms with Gasteiger partial charge in [0.15, 0.2) is 0 Å². The standard InChI is InChI=1S/C24H47N5O10S/c1-26-23(31)19-39-21-6-4-2-3-5-20(24(21)29-25)27-8-11-36-13-15-38-17-16-37-14-12-35-10-7-22(30)28-9-18-40(32,33)34/h21,27,29H,2-19,25H2,1H3,(H,26,31)(H,28,30)(H,32,33,34)/b24-20-. The number of nitrogens with two attached hydrogens (primary N) is 1. The number of carbonyl (C=O) groups excluding carboxylic acids is 2. The second kappa shape index (κ2) is 22.6. The maximum absolute atomic E-state index is 11.6. The van der Waals surface area contributed by atoms with Gasteiger partial charge in [0, 0.05) is 32.3 Å². The minimum Gasteiger partial charge on any atom is -0.385 e. The summed E-state index contributed by atoms with van der Waals surface area (Å²) in [5, 5.41) is 8.32. The number of allylic oxidation sites excluding steroid dienone is 1. The van der Waals surface area contributed by atoms with Crippen LogP contribution in [0.1, 0.15) is 38.5 Å². The lowest BCUT2D eigenvalue weighted by Gasteiger charge is -2.26. The topological polar surface area (TPSA) is 209 Å². The maximum Gasteiger partial charge on any atom is 0.266 e. The monoisotopic (exact) mass is 597 g/mol. The molecule has 0 heterocycles. The van der Waals surface area contributed by atoms with E-state index in [0.29, 0.717) is 52.8 Å². The van der Waals surface area contributed by atoms with Crippen molar-refractivity contribution in [3.05, 3.63) is 11.4 Å². The summed E-state index contributed by atoms with van der Waals surface area (Å²) in [6.45, 7) is 3.43. The lowest BCUT2D eigenvalue weighted by atomic mass is 9.99. The number of ether oxygens (including phenoxy) is 5. The normalized spacial score (nSPS) is 18.0. The van der Waals surface area contributed by atoms with Crippen LogP contribution >= 0.6 is 0 Å². The molecule has 0 aromatic rings. The molecule has 1 rings (SSSR count). The summed E-state index contributed by atoms with van der Waals surface area (Å²) in [6, 6.07) is 0. The van der Waals surface area contributed by atoms with Gasteiger partial charge in [-0.3, -0.25) is 20.0 Å². The highest BCUT2D eigenvalue weighted by molar-refractivity contribution is 7.85. The summed E-state index contributed by atoms with van der Waals surface area (Å²) in [6.07, 6.45) is 4.56. The molecule has 1 aliphatic rings. The molecule has 16 heteroatoms. The van der Waals surface area contributed by atoms with Gasteiger partial charge in [-0.15, -0.1) is 0 Å². The van der Waals surface area contributed by atoms with Gasteiger partial charge in [-0.2, -0.15) is 8.42 Å². The lowest BCUT2D eigenvalue weighted by Crippen LogP contribution is -2.38. The van der Waals surface area contributed by atoms with Gasteiger partial charge in [0.2, 0.25) is 11.8 Å². The van der Waals surface area contributed by atoms with Crippen molar-refractivity contribution in [2.24, 2.45) is 5.84 Å². The van der Waals surface area contributed by atoms with E-state index in [0.717, 1.165) is 43.5 Å². The number of rotatable bonds is 23. The third-order valence-corrected chi connectivity index (χ3v) is 6.47. The highest BCUT2D eigenvalue weighted by atomic mass is 32.2. The van der Waals surface area contributed by atoms with Crippen LogP contribution < -0.4 is 27.2 Å². The average molecular weight is 598 g/mol. The van der Waals surface area contributed by atoms with Crippen molar-refractivity contribution in [2.75, 3.05) is 85.4 Å². The first-order valence-corrected chi connectivity index (χ1v) is 15.2. The summed E-state index contributed by atoms with van der Waals surface area (Å²) in [5.74, 6) is 4.74. The highest BCUT2D eigenvalue weighted by Crippen LogP contribution is 2.22. The third kappa shape index (κ3) is 19.1. The second-order valence-corrected chi connectivity index (χ2v) is 10.4. The van der Waals surface area contributed by atoms with Gasteiger partial charge in [0.1, 0.15) is 12.7 Å². The first kappa shape index (κ1) is 36.0. The highest BCUT2D eigenvalue weighted by Gasteiger charge is 2.21. The van der Waals surface area contributed by atoms with E-state index in [2.05, 4.69) is 21.4 Å². The molecular formula is C24H47N5O10S. The lowest BCUT2D eigenvalue weighted by molar-refractivity contribution is -0.126. The summed E-state index contributed by atoms with van der Waals surface area (Å²) >= 11 is 0. The Morgan fingerprint density at radius 1 is 0.900 bits per heavy atom. The molecule has 0 saturated carbocycles. The first-order chi connectivity index (χ1) is 19.3. The van der Waals surface area contributed by atoms with Gasteiger partial charge >= 0.3 is 0 Å². The van der Waals surface area contributed by atoms with Crippen LogP contribution in [0.15, 0.2) is 11.4 Å². The zero-order chi connectivity index (χ0) is 29.5. The van der Waals surface area contributed by atoms with Gasteiger partial charge in [-0.05, 0) is 19.3 Å². The maximum atomic E-state index is 11.6. The molecule has 7 N–H and O–H groups in total. The Labute approximate surface area is 236 Å². The Hall–Kier alpha value is -2.05. The summed E-state index contributed by atoms with van der Waals surface area (Å²) in [4.78, 5) is 23.1. The Morgan fingerprint density at radius 3 is 2.12 bits per heavy atom. The Morgan fingerprint density at radius 2 is 1.52 bits per heavy atom. The molecule has 1 unspecified atom stereocenters. The predicted molar refractivity (Wildman–Crippen MR) is 147 cm³/mol. The molecule has 0 aromatic carbocycles. The summed E-state index contributed by atoms with van der Waals surface area (Å²) < 4.78 is 57.3. The number of nitrogens with one attached hydrogen (secondary N) is 4. The molecule has 1 aliphatic carbocycles. The Balaban J connectivity index is 2.04. The average Bonchev–Trinajstić information content (AvgIpc) is 2.90. The summed E-state index contributed by atoms with van der Waals surface area (Å²) in [7, 11) is -2.51. The van der Waals surface area contributed by atoms with Gasteiger partial charge in [0.25, 0.3) is 10.1 Å². The fourth-order valence-corrected chi connectivity index (χ4v) is 4.03. The second-order valence-electron chi connectivity index (χ2n) is 8.87. The predicted octanol–water partition coefficient (Wildman–Crippen LogP) is -1.19. The SMILES string of the molecule is CNC(=O)COC1CCCCC/C(NCCOCCOCCOCCOCCC(=O)NCCS(=O)(=O)O)=C\1NN. The molecule has 1 atom stereocenters. The van der Waals surface area contributed by atoms with E-state index in [4.69, 9.17) is 34.1 Å². The molecule has 0 fully saturated rings. The fourth-order valence-electron chi connectivity index (χ4n) is 3.67. The minimum absolute atomic E-state index is 0.0204. The molecule has 234 valence electrons. The largest absolute Gasteiger partial charge is 0.385 e. The van der Waals surface area contributed by atoms with E-state index in [1.165, 1.54) is 0 Å². The molecule has 15 nitrogen and oxygen atoms in total. The minimum atomic E-state index is -4.09. The van der Waals surface area contributed by atoms with Crippen molar-refractivity contribution in [1.82, 2.24) is 21.4 Å². The third-order valence-electron chi connectivity index (χ3n) is 5.75. The first-order valence-electron chi connectivity index (χ1n) is 13.5. The van der Waals surface area contributed by atoms with Gasteiger partial charge in [-0.1, -0.05) is 12.8 Å². The van der Waals surface area contributed by atoms with E-state index in [-0.39, 0.29) is 44.1 Å². The fraction of sp³-hybridized carbons (Fsp3) is 0.833. The van der Waals surface area contributed by atoms with Crippen LogP contribution in [0.4, 0.5) is 0 Å². The van der Waals surface area contributed by atoms with Crippen molar-refractivity contribution in [2.45, 2.75) is 44.6 Å². The van der Waals surface area contributed by atoms with Crippen LogP contribution in [0.25, 0.3) is 0 Å². The Kier molecular flexibility index (Phi) is 20.3. The van der Waals surface area contributed by atoms with Crippen LogP contribution in [-0.4, -0.2) is 116 Å². The van der Waals surface area contributed by atoms with Crippen molar-refractivity contribution in [3.63, 3.8) is 0 Å².